The number of urea groups is 1. The van der Waals surface area contributed by atoms with Gasteiger partial charge in [0.25, 0.3) is 11.8 Å². The van der Waals surface area contributed by atoms with E-state index in [-0.39, 0.29) is 32.8 Å². The second-order valence-corrected chi connectivity index (χ2v) is 6.53. The SMILES string of the molecule is CCOc1cc(/C=C2/C(=O)NC(=O)N(c3ccc(Cl)c(Cl)c3)C2=O)ccc1O. The summed E-state index contributed by atoms with van der Waals surface area (Å²) in [6.45, 7) is 2.08. The zero-order chi connectivity index (χ0) is 20.4. The van der Waals surface area contributed by atoms with Crippen molar-refractivity contribution in [2.45, 2.75) is 6.92 Å². The van der Waals surface area contributed by atoms with Gasteiger partial charge in [0.2, 0.25) is 0 Å². The Labute approximate surface area is 170 Å². The lowest BCUT2D eigenvalue weighted by molar-refractivity contribution is -0.122. The number of hydrogen-bond donors (Lipinski definition) is 2. The molecule has 1 aliphatic heterocycles. The number of aromatic hydroxyl groups is 1. The van der Waals surface area contributed by atoms with Gasteiger partial charge in [-0.2, -0.15) is 0 Å². The Balaban J connectivity index is 2.01. The van der Waals surface area contributed by atoms with Gasteiger partial charge in [0.05, 0.1) is 22.3 Å². The molecule has 2 aromatic carbocycles. The van der Waals surface area contributed by atoms with Crippen molar-refractivity contribution in [1.82, 2.24) is 5.32 Å². The molecule has 28 heavy (non-hydrogen) atoms. The summed E-state index contributed by atoms with van der Waals surface area (Å²) in [6.07, 6.45) is 1.30. The molecule has 0 radical (unpaired) electrons. The molecule has 3 rings (SSSR count). The average Bonchev–Trinajstić information content (AvgIpc) is 2.64. The Morgan fingerprint density at radius 2 is 1.86 bits per heavy atom. The van der Waals surface area contributed by atoms with Gasteiger partial charge in [-0.05, 0) is 48.9 Å². The molecule has 1 aliphatic rings. The molecule has 1 fully saturated rings. The van der Waals surface area contributed by atoms with Gasteiger partial charge in [0, 0.05) is 0 Å². The van der Waals surface area contributed by atoms with Crippen LogP contribution in [0.15, 0.2) is 42.0 Å². The predicted molar refractivity (Wildman–Crippen MR) is 105 cm³/mol. The van der Waals surface area contributed by atoms with Crippen molar-refractivity contribution in [3.05, 3.63) is 57.6 Å². The highest BCUT2D eigenvalue weighted by Gasteiger charge is 2.37. The van der Waals surface area contributed by atoms with Gasteiger partial charge < -0.3 is 9.84 Å². The first-order valence-electron chi connectivity index (χ1n) is 8.14. The monoisotopic (exact) mass is 420 g/mol. The number of rotatable bonds is 4. The number of phenolic OH excluding ortho intramolecular Hbond substituents is 1. The molecule has 0 bridgehead atoms. The lowest BCUT2D eigenvalue weighted by Crippen LogP contribution is -2.54. The van der Waals surface area contributed by atoms with Crippen LogP contribution in [0.5, 0.6) is 11.5 Å². The Morgan fingerprint density at radius 1 is 1.11 bits per heavy atom. The Kier molecular flexibility index (Phi) is 5.58. The van der Waals surface area contributed by atoms with Crippen molar-refractivity contribution in [1.29, 1.82) is 0 Å². The minimum atomic E-state index is -0.897. The van der Waals surface area contributed by atoms with Crippen LogP contribution in [0.4, 0.5) is 10.5 Å². The van der Waals surface area contributed by atoms with E-state index in [2.05, 4.69) is 5.32 Å². The molecular formula is C19H14Cl2N2O5. The number of hydrogen-bond acceptors (Lipinski definition) is 5. The lowest BCUT2D eigenvalue weighted by Gasteiger charge is -2.26. The maximum atomic E-state index is 12.8. The summed E-state index contributed by atoms with van der Waals surface area (Å²) in [4.78, 5) is 38.1. The molecule has 4 amide bonds. The fraction of sp³-hybridized carbons (Fsp3) is 0.105. The quantitative estimate of drug-likeness (QED) is 0.579. The van der Waals surface area contributed by atoms with Crippen molar-refractivity contribution in [2.24, 2.45) is 0 Å². The number of halogens is 2. The molecule has 1 heterocycles. The number of carbonyl (C=O) groups is 3. The van der Waals surface area contributed by atoms with Gasteiger partial charge in [-0.15, -0.1) is 0 Å². The highest BCUT2D eigenvalue weighted by molar-refractivity contribution is 6.43. The van der Waals surface area contributed by atoms with E-state index >= 15 is 0 Å². The second kappa shape index (κ2) is 7.92. The van der Waals surface area contributed by atoms with Crippen LogP contribution in [0.25, 0.3) is 6.08 Å². The molecule has 0 atom stereocenters. The molecule has 0 saturated carbocycles. The van der Waals surface area contributed by atoms with Gasteiger partial charge in [-0.1, -0.05) is 29.3 Å². The fourth-order valence-corrected chi connectivity index (χ4v) is 2.87. The molecule has 2 N–H and O–H groups in total. The third-order valence-electron chi connectivity index (χ3n) is 3.86. The maximum absolute atomic E-state index is 12.8. The van der Waals surface area contributed by atoms with Crippen molar-refractivity contribution < 1.29 is 24.2 Å². The third-order valence-corrected chi connectivity index (χ3v) is 4.60. The molecule has 1 saturated heterocycles. The first-order chi connectivity index (χ1) is 13.3. The Bertz CT molecular complexity index is 1020. The van der Waals surface area contributed by atoms with E-state index in [4.69, 9.17) is 27.9 Å². The van der Waals surface area contributed by atoms with Crippen LogP contribution in [0.2, 0.25) is 10.0 Å². The summed E-state index contributed by atoms with van der Waals surface area (Å²) < 4.78 is 5.30. The molecule has 0 unspecified atom stereocenters. The van der Waals surface area contributed by atoms with Crippen molar-refractivity contribution >= 4 is 52.8 Å². The molecule has 144 valence electrons. The normalized spacial score (nSPS) is 15.8. The van der Waals surface area contributed by atoms with Gasteiger partial charge >= 0.3 is 6.03 Å². The molecular weight excluding hydrogens is 407 g/mol. The summed E-state index contributed by atoms with van der Waals surface area (Å²) in [6, 6.07) is 7.69. The number of imide groups is 2. The van der Waals surface area contributed by atoms with Crippen LogP contribution in [-0.4, -0.2) is 29.6 Å². The largest absolute Gasteiger partial charge is 0.504 e. The minimum Gasteiger partial charge on any atom is -0.504 e. The van der Waals surface area contributed by atoms with Crippen LogP contribution < -0.4 is 15.0 Å². The van der Waals surface area contributed by atoms with Crippen molar-refractivity contribution in [3.8, 4) is 11.5 Å². The Morgan fingerprint density at radius 3 is 2.54 bits per heavy atom. The number of nitrogens with zero attached hydrogens (tertiary/aromatic N) is 1. The van der Waals surface area contributed by atoms with E-state index in [0.29, 0.717) is 12.2 Å². The van der Waals surface area contributed by atoms with Crippen LogP contribution >= 0.6 is 23.2 Å². The highest BCUT2D eigenvalue weighted by Crippen LogP contribution is 2.31. The Hall–Kier alpha value is -3.03. The summed E-state index contributed by atoms with van der Waals surface area (Å²) >= 11 is 11.8. The summed E-state index contributed by atoms with van der Waals surface area (Å²) in [5.41, 5.74) is 0.331. The van der Waals surface area contributed by atoms with E-state index in [1.807, 2.05) is 0 Å². The number of benzene rings is 2. The predicted octanol–water partition coefficient (Wildman–Crippen LogP) is 3.76. The topological polar surface area (TPSA) is 95.9 Å². The molecule has 0 spiro atoms. The summed E-state index contributed by atoms with van der Waals surface area (Å²) in [5.74, 6) is -1.52. The van der Waals surface area contributed by atoms with Crippen molar-refractivity contribution in [2.75, 3.05) is 11.5 Å². The number of amides is 4. The standard InChI is InChI=1S/C19H14Cl2N2O5/c1-2-28-16-8-10(3-6-15(16)24)7-12-17(25)22-19(27)23(18(12)26)11-4-5-13(20)14(21)9-11/h3-9,24H,2H2,1H3,(H,22,25,27)/b12-7-. The first-order valence-corrected chi connectivity index (χ1v) is 8.89. The van der Waals surface area contributed by atoms with Gasteiger partial charge in [-0.25, -0.2) is 9.69 Å². The molecule has 2 aromatic rings. The van der Waals surface area contributed by atoms with Gasteiger partial charge in [-0.3, -0.25) is 14.9 Å². The smallest absolute Gasteiger partial charge is 0.335 e. The summed E-state index contributed by atoms with van der Waals surface area (Å²) in [5, 5.41) is 12.3. The van der Waals surface area contributed by atoms with E-state index in [0.717, 1.165) is 4.90 Å². The molecule has 7 nitrogen and oxygen atoms in total. The number of phenols is 1. The van der Waals surface area contributed by atoms with Crippen LogP contribution in [0.1, 0.15) is 12.5 Å². The fourth-order valence-electron chi connectivity index (χ4n) is 2.57. The lowest BCUT2D eigenvalue weighted by atomic mass is 10.1. The van der Waals surface area contributed by atoms with Crippen LogP contribution in [0, 0.1) is 0 Å². The molecule has 9 heteroatoms. The van der Waals surface area contributed by atoms with Gasteiger partial charge in [0.15, 0.2) is 11.5 Å². The van der Waals surface area contributed by atoms with Crippen LogP contribution in [-0.2, 0) is 9.59 Å². The minimum absolute atomic E-state index is 0.0731. The zero-order valence-corrected chi connectivity index (χ0v) is 16.0. The molecule has 0 aromatic heterocycles. The number of barbiturate groups is 1. The number of nitrogens with one attached hydrogen (secondary N) is 1. The van der Waals surface area contributed by atoms with Crippen molar-refractivity contribution in [3.63, 3.8) is 0 Å². The van der Waals surface area contributed by atoms with E-state index in [1.54, 1.807) is 6.92 Å². The second-order valence-electron chi connectivity index (χ2n) is 5.72. The first kappa shape index (κ1) is 19.7. The van der Waals surface area contributed by atoms with E-state index in [9.17, 15) is 19.5 Å². The number of carbonyl (C=O) groups excluding carboxylic acids is 3. The van der Waals surface area contributed by atoms with Crippen LogP contribution in [0.3, 0.4) is 0 Å². The van der Waals surface area contributed by atoms with E-state index in [1.165, 1.54) is 42.5 Å². The van der Waals surface area contributed by atoms with E-state index < -0.39 is 17.8 Å². The molecule has 0 aliphatic carbocycles. The summed E-state index contributed by atoms with van der Waals surface area (Å²) in [7, 11) is 0. The average molecular weight is 421 g/mol. The zero-order valence-electron chi connectivity index (χ0n) is 14.5. The maximum Gasteiger partial charge on any atom is 0.335 e. The number of anilines is 1. The third kappa shape index (κ3) is 3.81. The van der Waals surface area contributed by atoms with Gasteiger partial charge in [0.1, 0.15) is 5.57 Å². The highest BCUT2D eigenvalue weighted by atomic mass is 35.5. The number of ether oxygens (including phenoxy) is 1.